The van der Waals surface area contributed by atoms with E-state index >= 15 is 0 Å². The van der Waals surface area contributed by atoms with Crippen LogP contribution in [0.5, 0.6) is 0 Å². The van der Waals surface area contributed by atoms with E-state index < -0.39 is 0 Å². The predicted octanol–water partition coefficient (Wildman–Crippen LogP) is 1.42. The van der Waals surface area contributed by atoms with Crippen molar-refractivity contribution in [2.45, 2.75) is 38.1 Å². The lowest BCUT2D eigenvalue weighted by Gasteiger charge is -2.24. The summed E-state index contributed by atoms with van der Waals surface area (Å²) in [6, 6.07) is 0.679. The zero-order valence-electron chi connectivity index (χ0n) is 7.81. The molecule has 0 saturated carbocycles. The Labute approximate surface area is 75.2 Å². The molecule has 0 bridgehead atoms. The van der Waals surface area contributed by atoms with E-state index in [4.69, 9.17) is 5.73 Å². The fourth-order valence-corrected chi connectivity index (χ4v) is 1.75. The van der Waals surface area contributed by atoms with Crippen molar-refractivity contribution >= 4 is 0 Å². The van der Waals surface area contributed by atoms with Gasteiger partial charge in [0.2, 0.25) is 0 Å². The van der Waals surface area contributed by atoms with E-state index in [1.807, 2.05) is 0 Å². The molecule has 1 fully saturated rings. The van der Waals surface area contributed by atoms with Crippen LogP contribution >= 0.6 is 0 Å². The minimum absolute atomic E-state index is 0.679. The molecule has 1 unspecified atom stereocenters. The molecular formula is C10H20N2. The van der Waals surface area contributed by atoms with Crippen molar-refractivity contribution in [1.29, 1.82) is 0 Å². The third kappa shape index (κ3) is 3.37. The van der Waals surface area contributed by atoms with Crippen molar-refractivity contribution in [1.82, 2.24) is 5.32 Å². The van der Waals surface area contributed by atoms with Gasteiger partial charge in [-0.3, -0.25) is 0 Å². The second kappa shape index (κ2) is 5.33. The topological polar surface area (TPSA) is 38.0 Å². The first kappa shape index (κ1) is 9.75. The van der Waals surface area contributed by atoms with Gasteiger partial charge in [-0.2, -0.15) is 0 Å². The van der Waals surface area contributed by atoms with Crippen LogP contribution in [0.25, 0.3) is 0 Å². The molecule has 0 amide bonds. The van der Waals surface area contributed by atoms with Crippen LogP contribution in [0.1, 0.15) is 32.1 Å². The van der Waals surface area contributed by atoms with Crippen LogP contribution in [-0.2, 0) is 0 Å². The third-order valence-electron chi connectivity index (χ3n) is 2.45. The number of rotatable bonds is 4. The van der Waals surface area contributed by atoms with E-state index in [1.54, 1.807) is 0 Å². The molecule has 0 spiro atoms. The van der Waals surface area contributed by atoms with Gasteiger partial charge >= 0.3 is 0 Å². The van der Waals surface area contributed by atoms with Crippen molar-refractivity contribution in [3.05, 3.63) is 12.2 Å². The Morgan fingerprint density at radius 1 is 1.50 bits per heavy atom. The SMILES string of the molecule is C=C(CCN)CC1CCCCN1. The Hall–Kier alpha value is -0.340. The molecule has 70 valence electrons. The molecule has 0 aromatic heterocycles. The minimum atomic E-state index is 0.679. The molecule has 0 aromatic rings. The molecule has 1 aliphatic heterocycles. The van der Waals surface area contributed by atoms with Crippen LogP contribution in [0.4, 0.5) is 0 Å². The lowest BCUT2D eigenvalue weighted by atomic mass is 9.97. The smallest absolute Gasteiger partial charge is 0.0104 e. The van der Waals surface area contributed by atoms with Crippen molar-refractivity contribution in [2.24, 2.45) is 5.73 Å². The van der Waals surface area contributed by atoms with Crippen molar-refractivity contribution in [3.63, 3.8) is 0 Å². The fraction of sp³-hybridized carbons (Fsp3) is 0.800. The van der Waals surface area contributed by atoms with E-state index in [-0.39, 0.29) is 0 Å². The minimum Gasteiger partial charge on any atom is -0.330 e. The molecule has 1 heterocycles. The Kier molecular flexibility index (Phi) is 4.33. The molecule has 1 saturated heterocycles. The largest absolute Gasteiger partial charge is 0.330 e. The summed E-state index contributed by atoms with van der Waals surface area (Å²) in [4.78, 5) is 0. The van der Waals surface area contributed by atoms with Crippen molar-refractivity contribution < 1.29 is 0 Å². The molecule has 1 aliphatic rings. The van der Waals surface area contributed by atoms with E-state index in [9.17, 15) is 0 Å². The number of nitrogens with two attached hydrogens (primary N) is 1. The summed E-state index contributed by atoms with van der Waals surface area (Å²) in [6.07, 6.45) is 6.12. The summed E-state index contributed by atoms with van der Waals surface area (Å²) < 4.78 is 0. The third-order valence-corrected chi connectivity index (χ3v) is 2.45. The van der Waals surface area contributed by atoms with E-state index in [1.165, 1.54) is 31.4 Å². The molecule has 2 heteroatoms. The van der Waals surface area contributed by atoms with Gasteiger partial charge in [-0.1, -0.05) is 18.6 Å². The highest BCUT2D eigenvalue weighted by atomic mass is 14.9. The molecule has 0 aromatic carbocycles. The van der Waals surface area contributed by atoms with Gasteiger partial charge in [-0.05, 0) is 38.8 Å². The van der Waals surface area contributed by atoms with E-state index in [0.29, 0.717) is 6.04 Å². The quantitative estimate of drug-likeness (QED) is 0.623. The lowest BCUT2D eigenvalue weighted by molar-refractivity contribution is 0.396. The first-order chi connectivity index (χ1) is 5.83. The Morgan fingerprint density at radius 3 is 2.92 bits per heavy atom. The average Bonchev–Trinajstić information content (AvgIpc) is 2.06. The van der Waals surface area contributed by atoms with Crippen LogP contribution in [0.15, 0.2) is 12.2 Å². The summed E-state index contributed by atoms with van der Waals surface area (Å²) in [5.74, 6) is 0. The maximum Gasteiger partial charge on any atom is 0.0104 e. The zero-order valence-corrected chi connectivity index (χ0v) is 7.81. The molecule has 12 heavy (non-hydrogen) atoms. The van der Waals surface area contributed by atoms with Crippen molar-refractivity contribution in [2.75, 3.05) is 13.1 Å². The molecule has 1 atom stereocenters. The first-order valence-corrected chi connectivity index (χ1v) is 4.93. The maximum atomic E-state index is 5.45. The highest BCUT2D eigenvalue weighted by Gasteiger charge is 2.12. The normalized spacial score (nSPS) is 23.9. The summed E-state index contributed by atoms with van der Waals surface area (Å²) >= 11 is 0. The van der Waals surface area contributed by atoms with Gasteiger partial charge in [0.15, 0.2) is 0 Å². The first-order valence-electron chi connectivity index (χ1n) is 4.93. The van der Waals surface area contributed by atoms with Crippen LogP contribution in [0, 0.1) is 0 Å². The number of piperidine rings is 1. The van der Waals surface area contributed by atoms with Crippen LogP contribution in [0.2, 0.25) is 0 Å². The molecule has 0 radical (unpaired) electrons. The lowest BCUT2D eigenvalue weighted by Crippen LogP contribution is -2.34. The van der Waals surface area contributed by atoms with Gasteiger partial charge < -0.3 is 11.1 Å². The standard InChI is InChI=1S/C10H20N2/c1-9(5-6-11)8-10-4-2-3-7-12-10/h10,12H,1-8,11H2. The van der Waals surface area contributed by atoms with Gasteiger partial charge in [-0.15, -0.1) is 0 Å². The molecule has 2 nitrogen and oxygen atoms in total. The summed E-state index contributed by atoms with van der Waals surface area (Å²) in [7, 11) is 0. The van der Waals surface area contributed by atoms with Crippen LogP contribution < -0.4 is 11.1 Å². The van der Waals surface area contributed by atoms with Crippen LogP contribution in [0.3, 0.4) is 0 Å². The van der Waals surface area contributed by atoms with Gasteiger partial charge in [0.1, 0.15) is 0 Å². The summed E-state index contributed by atoms with van der Waals surface area (Å²) in [5, 5.41) is 3.51. The molecule has 0 aliphatic carbocycles. The van der Waals surface area contributed by atoms with Gasteiger partial charge in [-0.25, -0.2) is 0 Å². The molecule has 3 N–H and O–H groups in total. The predicted molar refractivity (Wildman–Crippen MR) is 53.1 cm³/mol. The Balaban J connectivity index is 2.15. The van der Waals surface area contributed by atoms with E-state index in [2.05, 4.69) is 11.9 Å². The molecule has 1 rings (SSSR count). The maximum absolute atomic E-state index is 5.45. The number of hydrogen-bond acceptors (Lipinski definition) is 2. The summed E-state index contributed by atoms with van der Waals surface area (Å²) in [5.41, 5.74) is 6.76. The average molecular weight is 168 g/mol. The monoisotopic (exact) mass is 168 g/mol. The number of nitrogens with one attached hydrogen (secondary N) is 1. The summed E-state index contributed by atoms with van der Waals surface area (Å²) in [6.45, 7) is 5.94. The zero-order chi connectivity index (χ0) is 8.81. The highest BCUT2D eigenvalue weighted by Crippen LogP contribution is 2.15. The van der Waals surface area contributed by atoms with Gasteiger partial charge in [0.05, 0.1) is 0 Å². The van der Waals surface area contributed by atoms with Gasteiger partial charge in [0.25, 0.3) is 0 Å². The second-order valence-corrected chi connectivity index (χ2v) is 3.64. The van der Waals surface area contributed by atoms with Crippen molar-refractivity contribution in [3.8, 4) is 0 Å². The highest BCUT2D eigenvalue weighted by molar-refractivity contribution is 4.98. The fourth-order valence-electron chi connectivity index (χ4n) is 1.75. The Morgan fingerprint density at radius 2 is 2.33 bits per heavy atom. The second-order valence-electron chi connectivity index (χ2n) is 3.64. The molecular weight excluding hydrogens is 148 g/mol. The van der Waals surface area contributed by atoms with Crippen LogP contribution in [-0.4, -0.2) is 19.1 Å². The van der Waals surface area contributed by atoms with Gasteiger partial charge in [0, 0.05) is 6.04 Å². The Bertz CT molecular complexity index is 137. The van der Waals surface area contributed by atoms with E-state index in [0.717, 1.165) is 19.4 Å². The number of hydrogen-bond donors (Lipinski definition) is 2.